The zero-order chi connectivity index (χ0) is 19.2. The van der Waals surface area contributed by atoms with Crippen LogP contribution in [-0.2, 0) is 13.1 Å². The molecule has 1 aliphatic heterocycles. The number of hydrogen-bond donors (Lipinski definition) is 1. The lowest BCUT2D eigenvalue weighted by Crippen LogP contribution is -2.48. The zero-order valence-electron chi connectivity index (χ0n) is 15.7. The second kappa shape index (κ2) is 8.69. The fourth-order valence-corrected chi connectivity index (χ4v) is 3.58. The maximum atomic E-state index is 12.7. The molecule has 8 nitrogen and oxygen atoms in total. The van der Waals surface area contributed by atoms with Gasteiger partial charge < -0.3 is 19.3 Å². The number of urea groups is 1. The Balaban J connectivity index is 1.32. The molecule has 4 rings (SSSR count). The topological polar surface area (TPSA) is 89.1 Å². The summed E-state index contributed by atoms with van der Waals surface area (Å²) < 4.78 is 7.40. The molecule has 1 N–H and O–H groups in total. The normalized spacial score (nSPS) is 16.9. The molecular formula is C20H24N6O2. The van der Waals surface area contributed by atoms with Gasteiger partial charge in [0.2, 0.25) is 0 Å². The molecule has 0 radical (unpaired) electrons. The van der Waals surface area contributed by atoms with Crippen molar-refractivity contribution in [1.82, 2.24) is 29.9 Å². The molecule has 3 aromatic rings. The molecule has 1 saturated heterocycles. The first-order chi connectivity index (χ1) is 13.8. The minimum absolute atomic E-state index is 0.0499. The summed E-state index contributed by atoms with van der Waals surface area (Å²) >= 11 is 0. The molecule has 2 amide bonds. The minimum atomic E-state index is -0.0499. The number of amides is 2. The Morgan fingerprint density at radius 2 is 2.21 bits per heavy atom. The number of nitrogens with zero attached hydrogens (tertiary/aromatic N) is 5. The van der Waals surface area contributed by atoms with Crippen molar-refractivity contribution in [3.63, 3.8) is 0 Å². The average Bonchev–Trinajstić information content (AvgIpc) is 3.43. The van der Waals surface area contributed by atoms with Crippen LogP contribution < -0.4 is 5.32 Å². The van der Waals surface area contributed by atoms with Crippen molar-refractivity contribution < 1.29 is 9.32 Å². The molecule has 0 aliphatic carbocycles. The summed E-state index contributed by atoms with van der Waals surface area (Å²) in [6.07, 6.45) is 11.4. The number of pyridine rings is 1. The summed E-state index contributed by atoms with van der Waals surface area (Å²) in [6.45, 7) is 1.96. The van der Waals surface area contributed by atoms with E-state index in [0.29, 0.717) is 18.0 Å². The number of nitrogens with one attached hydrogen (secondary N) is 1. The molecule has 0 spiro atoms. The fourth-order valence-electron chi connectivity index (χ4n) is 3.58. The van der Waals surface area contributed by atoms with Gasteiger partial charge in [0.25, 0.3) is 0 Å². The number of aromatic nitrogens is 4. The first-order valence-corrected chi connectivity index (χ1v) is 9.67. The Hall–Kier alpha value is -3.16. The quantitative estimate of drug-likeness (QED) is 0.710. The van der Waals surface area contributed by atoms with E-state index in [1.165, 1.54) is 0 Å². The van der Waals surface area contributed by atoms with E-state index in [4.69, 9.17) is 4.52 Å². The first-order valence-electron chi connectivity index (χ1n) is 9.67. The van der Waals surface area contributed by atoms with E-state index in [9.17, 15) is 4.79 Å². The van der Waals surface area contributed by atoms with Gasteiger partial charge in [-0.2, -0.15) is 0 Å². The van der Waals surface area contributed by atoms with E-state index in [-0.39, 0.29) is 12.1 Å². The van der Waals surface area contributed by atoms with Gasteiger partial charge in [-0.05, 0) is 37.8 Å². The fraction of sp³-hybridized carbons (Fsp3) is 0.400. The molecule has 4 heterocycles. The first kappa shape index (κ1) is 18.2. The van der Waals surface area contributed by atoms with Crippen molar-refractivity contribution in [2.45, 2.75) is 44.8 Å². The maximum Gasteiger partial charge on any atom is 0.318 e. The van der Waals surface area contributed by atoms with Gasteiger partial charge in [-0.1, -0.05) is 11.2 Å². The van der Waals surface area contributed by atoms with E-state index in [2.05, 4.69) is 25.0 Å². The molecule has 0 unspecified atom stereocenters. The zero-order valence-corrected chi connectivity index (χ0v) is 15.7. The van der Waals surface area contributed by atoms with Gasteiger partial charge in [0.1, 0.15) is 5.69 Å². The van der Waals surface area contributed by atoms with Crippen LogP contribution in [0.15, 0.2) is 53.7 Å². The highest BCUT2D eigenvalue weighted by atomic mass is 16.5. The van der Waals surface area contributed by atoms with Gasteiger partial charge >= 0.3 is 6.03 Å². The van der Waals surface area contributed by atoms with Crippen LogP contribution in [-0.4, -0.2) is 43.2 Å². The summed E-state index contributed by atoms with van der Waals surface area (Å²) in [5, 5.41) is 7.01. The molecule has 0 bridgehead atoms. The molecule has 146 valence electrons. The molecule has 28 heavy (non-hydrogen) atoms. The molecule has 8 heteroatoms. The van der Waals surface area contributed by atoms with Crippen molar-refractivity contribution >= 4 is 6.03 Å². The highest BCUT2D eigenvalue weighted by molar-refractivity contribution is 5.74. The largest absolute Gasteiger partial charge is 0.359 e. The van der Waals surface area contributed by atoms with Gasteiger partial charge in [-0.15, -0.1) is 0 Å². The third-order valence-electron chi connectivity index (χ3n) is 5.07. The molecule has 1 atom stereocenters. The number of rotatable bonds is 6. The summed E-state index contributed by atoms with van der Waals surface area (Å²) in [4.78, 5) is 23.0. The van der Waals surface area contributed by atoms with Crippen LogP contribution in [0.4, 0.5) is 4.79 Å². The van der Waals surface area contributed by atoms with Gasteiger partial charge in [-0.3, -0.25) is 4.98 Å². The highest BCUT2D eigenvalue weighted by Gasteiger charge is 2.26. The summed E-state index contributed by atoms with van der Waals surface area (Å²) in [5.41, 5.74) is 1.42. The molecule has 1 fully saturated rings. The number of carbonyl (C=O) groups excluding carboxylic acids is 1. The minimum Gasteiger partial charge on any atom is -0.359 e. The smallest absolute Gasteiger partial charge is 0.318 e. The predicted molar refractivity (Wildman–Crippen MR) is 103 cm³/mol. The van der Waals surface area contributed by atoms with E-state index < -0.39 is 0 Å². The lowest BCUT2D eigenvalue weighted by atomic mass is 10.00. The van der Waals surface area contributed by atoms with Gasteiger partial charge in [0, 0.05) is 43.8 Å². The van der Waals surface area contributed by atoms with Crippen molar-refractivity contribution in [3.05, 3.63) is 54.9 Å². The molecule has 0 aromatic carbocycles. The van der Waals surface area contributed by atoms with Crippen LogP contribution >= 0.6 is 0 Å². The SMILES string of the molecule is O=C(NCc1cc(-c2ccccn2)no1)N1CCCC[C@H]1CCn1ccnc1. The standard InChI is InChI=1S/C20H24N6O2/c27-20(23-14-17-13-19(24-28-17)18-6-1-3-8-22-18)26-10-4-2-5-16(26)7-11-25-12-9-21-15-25/h1,3,6,8-9,12-13,15-16H,2,4-5,7,10-11,14H2,(H,23,27)/t16-/m0/s1. The van der Waals surface area contributed by atoms with E-state index in [1.54, 1.807) is 12.4 Å². The number of piperidine rings is 1. The Morgan fingerprint density at radius 1 is 1.25 bits per heavy atom. The van der Waals surface area contributed by atoms with E-state index in [0.717, 1.165) is 44.5 Å². The van der Waals surface area contributed by atoms with Crippen LogP contribution in [0, 0.1) is 0 Å². The van der Waals surface area contributed by atoms with E-state index in [1.807, 2.05) is 41.7 Å². The van der Waals surface area contributed by atoms with Crippen LogP contribution in [0.1, 0.15) is 31.4 Å². The summed E-state index contributed by atoms with van der Waals surface area (Å²) in [5.74, 6) is 0.612. The second-order valence-corrected chi connectivity index (χ2v) is 6.98. The number of aryl methyl sites for hydroxylation is 1. The lowest BCUT2D eigenvalue weighted by Gasteiger charge is -2.35. The third-order valence-corrected chi connectivity index (χ3v) is 5.07. The average molecular weight is 380 g/mol. The van der Waals surface area contributed by atoms with Gasteiger partial charge in [0.05, 0.1) is 18.6 Å². The number of imidazole rings is 1. The Labute approximate surface area is 163 Å². The van der Waals surface area contributed by atoms with Crippen molar-refractivity contribution in [1.29, 1.82) is 0 Å². The van der Waals surface area contributed by atoms with Gasteiger partial charge in [0.15, 0.2) is 5.76 Å². The Morgan fingerprint density at radius 3 is 3.04 bits per heavy atom. The van der Waals surface area contributed by atoms with Crippen LogP contribution in [0.25, 0.3) is 11.4 Å². The molecule has 0 saturated carbocycles. The predicted octanol–water partition coefficient (Wildman–Crippen LogP) is 3.09. The van der Waals surface area contributed by atoms with Gasteiger partial charge in [-0.25, -0.2) is 9.78 Å². The third kappa shape index (κ3) is 4.39. The van der Waals surface area contributed by atoms with Crippen molar-refractivity contribution in [2.24, 2.45) is 0 Å². The summed E-state index contributed by atoms with van der Waals surface area (Å²) in [6, 6.07) is 7.64. The number of hydrogen-bond acceptors (Lipinski definition) is 5. The monoisotopic (exact) mass is 380 g/mol. The van der Waals surface area contributed by atoms with Crippen LogP contribution in [0.2, 0.25) is 0 Å². The molecular weight excluding hydrogens is 356 g/mol. The van der Waals surface area contributed by atoms with Crippen LogP contribution in [0.3, 0.4) is 0 Å². The Kier molecular flexibility index (Phi) is 5.65. The highest BCUT2D eigenvalue weighted by Crippen LogP contribution is 2.21. The van der Waals surface area contributed by atoms with Crippen molar-refractivity contribution in [2.75, 3.05) is 6.54 Å². The Bertz CT molecular complexity index is 877. The molecule has 1 aliphatic rings. The maximum absolute atomic E-state index is 12.7. The second-order valence-electron chi connectivity index (χ2n) is 6.98. The van der Waals surface area contributed by atoms with Crippen molar-refractivity contribution in [3.8, 4) is 11.4 Å². The summed E-state index contributed by atoms with van der Waals surface area (Å²) in [7, 11) is 0. The van der Waals surface area contributed by atoms with Crippen LogP contribution in [0.5, 0.6) is 0 Å². The number of carbonyl (C=O) groups is 1. The number of likely N-dealkylation sites (tertiary alicyclic amines) is 1. The van der Waals surface area contributed by atoms with E-state index >= 15 is 0 Å². The molecule has 3 aromatic heterocycles. The lowest BCUT2D eigenvalue weighted by molar-refractivity contribution is 0.143.